The molecule has 0 radical (unpaired) electrons. The van der Waals surface area contributed by atoms with Gasteiger partial charge in [-0.15, -0.1) is 11.3 Å². The number of likely N-dealkylation sites (tertiary alicyclic amines) is 1. The van der Waals surface area contributed by atoms with E-state index in [0.29, 0.717) is 24.7 Å². The van der Waals surface area contributed by atoms with Crippen LogP contribution in [0.3, 0.4) is 0 Å². The van der Waals surface area contributed by atoms with Crippen LogP contribution < -0.4 is 5.32 Å². The quantitative estimate of drug-likeness (QED) is 0.604. The van der Waals surface area contributed by atoms with Gasteiger partial charge in [0.05, 0.1) is 10.6 Å². The zero-order chi connectivity index (χ0) is 21.3. The van der Waals surface area contributed by atoms with E-state index in [0.717, 1.165) is 28.5 Å². The smallest absolute Gasteiger partial charge is 0.256 e. The Bertz CT molecular complexity index is 1090. The van der Waals surface area contributed by atoms with Gasteiger partial charge < -0.3 is 10.2 Å². The highest BCUT2D eigenvalue weighted by atomic mass is 35.5. The summed E-state index contributed by atoms with van der Waals surface area (Å²) in [7, 11) is 0. The van der Waals surface area contributed by atoms with E-state index >= 15 is 0 Å². The minimum atomic E-state index is -0.677. The molecule has 2 aromatic heterocycles. The van der Waals surface area contributed by atoms with Crippen LogP contribution in [0.2, 0.25) is 5.02 Å². The molecule has 30 heavy (non-hydrogen) atoms. The second kappa shape index (κ2) is 8.65. The Kier molecular flexibility index (Phi) is 5.97. The van der Waals surface area contributed by atoms with Crippen molar-refractivity contribution in [2.24, 2.45) is 0 Å². The predicted molar refractivity (Wildman–Crippen MR) is 116 cm³/mol. The predicted octanol–water partition coefficient (Wildman–Crippen LogP) is 5.11. The number of rotatable bonds is 4. The van der Waals surface area contributed by atoms with Gasteiger partial charge in [-0.2, -0.15) is 0 Å². The number of aromatic nitrogens is 3. The molecular weight excluding hydrogens is 425 g/mol. The van der Waals surface area contributed by atoms with Gasteiger partial charge in [0.15, 0.2) is 10.9 Å². The van der Waals surface area contributed by atoms with Gasteiger partial charge in [0.2, 0.25) is 0 Å². The van der Waals surface area contributed by atoms with Crippen LogP contribution in [0.4, 0.5) is 15.3 Å². The number of benzene rings is 1. The third-order valence-corrected chi connectivity index (χ3v) is 6.10. The van der Waals surface area contributed by atoms with E-state index < -0.39 is 5.82 Å². The van der Waals surface area contributed by atoms with Gasteiger partial charge in [0.1, 0.15) is 11.6 Å². The summed E-state index contributed by atoms with van der Waals surface area (Å²) in [5.41, 5.74) is 0.829. The van der Waals surface area contributed by atoms with Crippen LogP contribution in [0, 0.1) is 19.7 Å². The topological polar surface area (TPSA) is 71.0 Å². The Hall–Kier alpha value is -2.58. The number of hydrogen-bond acceptors (Lipinski definition) is 6. The second-order valence-corrected chi connectivity index (χ2v) is 8.99. The van der Waals surface area contributed by atoms with Gasteiger partial charge >= 0.3 is 0 Å². The second-order valence-electron chi connectivity index (χ2n) is 7.35. The third-order valence-electron chi connectivity index (χ3n) is 4.98. The molecule has 3 heterocycles. The average molecular weight is 446 g/mol. The number of piperidine rings is 1. The lowest BCUT2D eigenvalue weighted by atomic mass is 9.96. The number of aryl methyl sites for hydroxylation is 2. The van der Waals surface area contributed by atoms with Crippen LogP contribution in [0.1, 0.15) is 45.5 Å². The molecular formula is C21H21ClFN5OS. The largest absolute Gasteiger partial charge is 0.338 e. The normalized spacial score (nSPS) is 16.5. The lowest BCUT2D eigenvalue weighted by molar-refractivity contribution is 0.0700. The van der Waals surface area contributed by atoms with Crippen LogP contribution in [-0.4, -0.2) is 38.8 Å². The average Bonchev–Trinajstić information content (AvgIpc) is 3.13. The molecule has 4 rings (SSSR count). The molecule has 0 bridgehead atoms. The first-order valence-corrected chi connectivity index (χ1v) is 10.9. The highest BCUT2D eigenvalue weighted by molar-refractivity contribution is 7.15. The van der Waals surface area contributed by atoms with E-state index in [4.69, 9.17) is 11.6 Å². The Morgan fingerprint density at radius 2 is 2.17 bits per heavy atom. The number of carbonyl (C=O) groups excluding carboxylic acids is 1. The third kappa shape index (κ3) is 4.44. The van der Waals surface area contributed by atoms with Crippen molar-refractivity contribution in [3.63, 3.8) is 0 Å². The lowest BCUT2D eigenvalue weighted by Crippen LogP contribution is -2.40. The summed E-state index contributed by atoms with van der Waals surface area (Å²) in [5.74, 6) is 0.293. The molecule has 6 nitrogen and oxygen atoms in total. The fourth-order valence-electron chi connectivity index (χ4n) is 3.57. The molecule has 0 aliphatic carbocycles. The molecule has 1 amide bonds. The van der Waals surface area contributed by atoms with Crippen LogP contribution in [0.25, 0.3) is 0 Å². The standard InChI is InChI=1S/C21H21ClFN5OS/c1-12-9-17(27-21-24-10-13(2)30-21)26-19(25-12)14-5-4-8-28(11-14)20(29)15-6-3-7-16(22)18(15)23/h3,6-7,9-10,14H,4-5,8,11H2,1-2H3,(H,24,25,26,27)/t14-/m1/s1. The van der Waals surface area contributed by atoms with Gasteiger partial charge in [-0.05, 0) is 38.8 Å². The van der Waals surface area contributed by atoms with Crippen LogP contribution in [0.15, 0.2) is 30.5 Å². The van der Waals surface area contributed by atoms with E-state index in [1.54, 1.807) is 22.3 Å². The number of anilines is 2. The van der Waals surface area contributed by atoms with Gasteiger partial charge in [-0.25, -0.2) is 19.3 Å². The molecule has 1 atom stereocenters. The molecule has 0 saturated carbocycles. The van der Waals surface area contributed by atoms with Gasteiger partial charge in [0, 0.05) is 41.8 Å². The number of nitrogens with one attached hydrogen (secondary N) is 1. The van der Waals surface area contributed by atoms with Crippen molar-refractivity contribution in [2.45, 2.75) is 32.6 Å². The monoisotopic (exact) mass is 445 g/mol. The molecule has 156 valence electrons. The Morgan fingerprint density at radius 1 is 1.33 bits per heavy atom. The summed E-state index contributed by atoms with van der Waals surface area (Å²) < 4.78 is 14.3. The number of nitrogens with zero attached hydrogens (tertiary/aromatic N) is 4. The first-order chi connectivity index (χ1) is 14.4. The summed E-state index contributed by atoms with van der Waals surface area (Å²) >= 11 is 7.40. The summed E-state index contributed by atoms with van der Waals surface area (Å²) in [6, 6.07) is 6.36. The molecule has 0 spiro atoms. The van der Waals surface area contributed by atoms with Crippen molar-refractivity contribution >= 4 is 39.8 Å². The zero-order valence-corrected chi connectivity index (χ0v) is 18.2. The van der Waals surface area contributed by atoms with Crippen molar-refractivity contribution in [1.82, 2.24) is 19.9 Å². The summed E-state index contributed by atoms with van der Waals surface area (Å²) in [6.45, 7) is 4.91. The van der Waals surface area contributed by atoms with Crippen molar-refractivity contribution in [3.05, 3.63) is 63.3 Å². The molecule has 0 unspecified atom stereocenters. The van der Waals surface area contributed by atoms with Crippen LogP contribution in [0.5, 0.6) is 0 Å². The van der Waals surface area contributed by atoms with Crippen molar-refractivity contribution < 1.29 is 9.18 Å². The fraction of sp³-hybridized carbons (Fsp3) is 0.333. The summed E-state index contributed by atoms with van der Waals surface area (Å²) in [6.07, 6.45) is 3.47. The number of halogens is 2. The number of thiazole rings is 1. The van der Waals surface area contributed by atoms with E-state index in [-0.39, 0.29) is 22.4 Å². The highest BCUT2D eigenvalue weighted by Gasteiger charge is 2.29. The maximum absolute atomic E-state index is 14.3. The summed E-state index contributed by atoms with van der Waals surface area (Å²) in [4.78, 5) is 29.2. The first kappa shape index (κ1) is 20.7. The Morgan fingerprint density at radius 3 is 2.93 bits per heavy atom. The SMILES string of the molecule is Cc1cc(Nc2ncc(C)s2)nc([C@@H]2CCCN(C(=O)c3cccc(Cl)c3F)C2)n1. The van der Waals surface area contributed by atoms with Crippen LogP contribution >= 0.6 is 22.9 Å². The van der Waals surface area contributed by atoms with Gasteiger partial charge in [0.25, 0.3) is 5.91 Å². The first-order valence-electron chi connectivity index (χ1n) is 9.69. The Balaban J connectivity index is 1.54. The van der Waals surface area contributed by atoms with E-state index in [9.17, 15) is 9.18 Å². The molecule has 1 fully saturated rings. The molecule has 3 aromatic rings. The fourth-order valence-corrected chi connectivity index (χ4v) is 4.42. The van der Waals surface area contributed by atoms with E-state index in [1.165, 1.54) is 12.1 Å². The molecule has 1 aliphatic rings. The molecule has 1 aromatic carbocycles. The maximum Gasteiger partial charge on any atom is 0.256 e. The van der Waals surface area contributed by atoms with E-state index in [2.05, 4.69) is 20.3 Å². The molecule has 1 saturated heterocycles. The number of carbonyl (C=O) groups is 1. The van der Waals surface area contributed by atoms with Crippen LogP contribution in [-0.2, 0) is 0 Å². The minimum Gasteiger partial charge on any atom is -0.338 e. The number of amides is 1. The molecule has 1 aliphatic heterocycles. The number of hydrogen-bond donors (Lipinski definition) is 1. The summed E-state index contributed by atoms with van der Waals surface area (Å²) in [5, 5.41) is 3.95. The minimum absolute atomic E-state index is 0.00481. The zero-order valence-electron chi connectivity index (χ0n) is 16.7. The molecule has 1 N–H and O–H groups in total. The lowest BCUT2D eigenvalue weighted by Gasteiger charge is -2.32. The van der Waals surface area contributed by atoms with Crippen molar-refractivity contribution in [1.29, 1.82) is 0 Å². The van der Waals surface area contributed by atoms with Crippen molar-refractivity contribution in [2.75, 3.05) is 18.4 Å². The highest BCUT2D eigenvalue weighted by Crippen LogP contribution is 2.29. The Labute approximate surface area is 183 Å². The maximum atomic E-state index is 14.3. The van der Waals surface area contributed by atoms with Gasteiger partial charge in [-0.3, -0.25) is 4.79 Å². The molecule has 9 heteroatoms. The van der Waals surface area contributed by atoms with E-state index in [1.807, 2.05) is 26.1 Å². The van der Waals surface area contributed by atoms with Gasteiger partial charge in [-0.1, -0.05) is 17.7 Å². The van der Waals surface area contributed by atoms with Crippen molar-refractivity contribution in [3.8, 4) is 0 Å².